The molecule has 0 radical (unpaired) electrons. The SMILES string of the molecule is C=CC(C)CCCC(C)(C)OCC. The van der Waals surface area contributed by atoms with E-state index in [4.69, 9.17) is 4.74 Å². The van der Waals surface area contributed by atoms with Gasteiger partial charge in [-0.15, -0.1) is 6.58 Å². The van der Waals surface area contributed by atoms with Crippen molar-refractivity contribution >= 4 is 0 Å². The smallest absolute Gasteiger partial charge is 0.0626 e. The van der Waals surface area contributed by atoms with Gasteiger partial charge in [-0.2, -0.15) is 0 Å². The first-order valence-corrected chi connectivity index (χ1v) is 5.28. The van der Waals surface area contributed by atoms with Gasteiger partial charge in [0.25, 0.3) is 0 Å². The fraction of sp³-hybridized carbons (Fsp3) is 0.833. The second-order valence-electron chi connectivity index (χ2n) is 4.30. The third-order valence-corrected chi connectivity index (χ3v) is 2.38. The van der Waals surface area contributed by atoms with E-state index >= 15 is 0 Å². The van der Waals surface area contributed by atoms with Crippen LogP contribution in [0.2, 0.25) is 0 Å². The summed E-state index contributed by atoms with van der Waals surface area (Å²) in [5.74, 6) is 0.637. The molecule has 0 fully saturated rings. The van der Waals surface area contributed by atoms with E-state index in [9.17, 15) is 0 Å². The molecule has 0 aromatic carbocycles. The minimum Gasteiger partial charge on any atom is -0.376 e. The van der Waals surface area contributed by atoms with E-state index in [1.165, 1.54) is 12.8 Å². The van der Waals surface area contributed by atoms with E-state index in [2.05, 4.69) is 27.4 Å². The Kier molecular flexibility index (Phi) is 6.06. The monoisotopic (exact) mass is 184 g/mol. The lowest BCUT2D eigenvalue weighted by Gasteiger charge is -2.24. The van der Waals surface area contributed by atoms with E-state index < -0.39 is 0 Å². The lowest BCUT2D eigenvalue weighted by Crippen LogP contribution is -2.24. The van der Waals surface area contributed by atoms with Crippen molar-refractivity contribution in [1.82, 2.24) is 0 Å². The Bertz CT molecular complexity index is 138. The van der Waals surface area contributed by atoms with E-state index in [1.807, 2.05) is 13.0 Å². The number of ether oxygens (including phenoxy) is 1. The zero-order valence-electron chi connectivity index (χ0n) is 9.60. The van der Waals surface area contributed by atoms with Gasteiger partial charge in [0.2, 0.25) is 0 Å². The Balaban J connectivity index is 3.56. The van der Waals surface area contributed by atoms with Gasteiger partial charge in [-0.05, 0) is 39.5 Å². The van der Waals surface area contributed by atoms with E-state index in [0.717, 1.165) is 13.0 Å². The molecule has 0 bridgehead atoms. The van der Waals surface area contributed by atoms with Crippen LogP contribution < -0.4 is 0 Å². The molecule has 0 aromatic heterocycles. The van der Waals surface area contributed by atoms with Gasteiger partial charge < -0.3 is 4.74 Å². The summed E-state index contributed by atoms with van der Waals surface area (Å²) in [6.45, 7) is 13.2. The largest absolute Gasteiger partial charge is 0.376 e. The first kappa shape index (κ1) is 12.7. The predicted molar refractivity (Wildman–Crippen MR) is 58.9 cm³/mol. The second-order valence-corrected chi connectivity index (χ2v) is 4.30. The Morgan fingerprint density at radius 3 is 2.54 bits per heavy atom. The molecule has 0 aliphatic rings. The highest BCUT2D eigenvalue weighted by Crippen LogP contribution is 2.19. The van der Waals surface area contributed by atoms with Gasteiger partial charge >= 0.3 is 0 Å². The summed E-state index contributed by atoms with van der Waals surface area (Å²) in [5.41, 5.74) is 0.0512. The van der Waals surface area contributed by atoms with Crippen molar-refractivity contribution < 1.29 is 4.74 Å². The molecule has 0 saturated carbocycles. The van der Waals surface area contributed by atoms with Crippen LogP contribution in [0.4, 0.5) is 0 Å². The number of allylic oxidation sites excluding steroid dienone is 1. The van der Waals surface area contributed by atoms with Crippen molar-refractivity contribution in [2.24, 2.45) is 5.92 Å². The Morgan fingerprint density at radius 1 is 1.46 bits per heavy atom. The van der Waals surface area contributed by atoms with Crippen molar-refractivity contribution in [3.05, 3.63) is 12.7 Å². The van der Waals surface area contributed by atoms with E-state index in [0.29, 0.717) is 5.92 Å². The average Bonchev–Trinajstić information content (AvgIpc) is 2.03. The Hall–Kier alpha value is -0.300. The molecule has 0 aliphatic heterocycles. The molecular weight excluding hydrogens is 160 g/mol. The molecule has 0 amide bonds. The first-order chi connectivity index (χ1) is 6.02. The normalized spacial score (nSPS) is 14.2. The summed E-state index contributed by atoms with van der Waals surface area (Å²) in [5, 5.41) is 0. The van der Waals surface area contributed by atoms with Crippen LogP contribution in [0, 0.1) is 5.92 Å². The summed E-state index contributed by atoms with van der Waals surface area (Å²) in [4.78, 5) is 0. The highest BCUT2D eigenvalue weighted by molar-refractivity contribution is 4.76. The standard InChI is InChI=1S/C12H24O/c1-6-11(3)9-8-10-12(4,5)13-7-2/h6,11H,1,7-10H2,2-5H3. The van der Waals surface area contributed by atoms with Crippen LogP contribution in [0.15, 0.2) is 12.7 Å². The molecule has 1 unspecified atom stereocenters. The molecule has 0 heterocycles. The molecule has 0 spiro atoms. The third kappa shape index (κ3) is 6.83. The van der Waals surface area contributed by atoms with E-state index in [1.54, 1.807) is 0 Å². The average molecular weight is 184 g/mol. The summed E-state index contributed by atoms with van der Waals surface area (Å²) in [6, 6.07) is 0. The summed E-state index contributed by atoms with van der Waals surface area (Å²) < 4.78 is 5.62. The fourth-order valence-corrected chi connectivity index (χ4v) is 1.43. The van der Waals surface area contributed by atoms with Crippen molar-refractivity contribution in [2.75, 3.05) is 6.61 Å². The molecule has 0 saturated heterocycles. The van der Waals surface area contributed by atoms with E-state index in [-0.39, 0.29) is 5.60 Å². The number of rotatable bonds is 7. The number of hydrogen-bond donors (Lipinski definition) is 0. The lowest BCUT2D eigenvalue weighted by atomic mass is 9.97. The highest BCUT2D eigenvalue weighted by Gasteiger charge is 2.16. The quantitative estimate of drug-likeness (QED) is 0.547. The summed E-state index contributed by atoms with van der Waals surface area (Å²) >= 11 is 0. The topological polar surface area (TPSA) is 9.23 Å². The maximum atomic E-state index is 5.62. The minimum atomic E-state index is 0.0512. The maximum absolute atomic E-state index is 5.62. The van der Waals surface area contributed by atoms with Gasteiger partial charge in [0.1, 0.15) is 0 Å². The van der Waals surface area contributed by atoms with Crippen LogP contribution in [-0.4, -0.2) is 12.2 Å². The summed E-state index contributed by atoms with van der Waals surface area (Å²) in [6.07, 6.45) is 5.60. The van der Waals surface area contributed by atoms with Gasteiger partial charge in [-0.1, -0.05) is 19.4 Å². The van der Waals surface area contributed by atoms with Crippen LogP contribution in [0.25, 0.3) is 0 Å². The first-order valence-electron chi connectivity index (χ1n) is 5.28. The molecule has 78 valence electrons. The van der Waals surface area contributed by atoms with Crippen molar-refractivity contribution in [2.45, 2.75) is 52.6 Å². The molecule has 0 N–H and O–H groups in total. The van der Waals surface area contributed by atoms with Crippen molar-refractivity contribution in [1.29, 1.82) is 0 Å². The molecule has 1 heteroatoms. The van der Waals surface area contributed by atoms with Crippen LogP contribution in [0.1, 0.15) is 47.0 Å². The molecule has 0 rings (SSSR count). The molecule has 0 aromatic rings. The highest BCUT2D eigenvalue weighted by atomic mass is 16.5. The van der Waals surface area contributed by atoms with Crippen LogP contribution in [0.3, 0.4) is 0 Å². The number of hydrogen-bond acceptors (Lipinski definition) is 1. The Morgan fingerprint density at radius 2 is 2.08 bits per heavy atom. The summed E-state index contributed by atoms with van der Waals surface area (Å²) in [7, 11) is 0. The van der Waals surface area contributed by atoms with Crippen LogP contribution >= 0.6 is 0 Å². The molecule has 0 aliphatic carbocycles. The maximum Gasteiger partial charge on any atom is 0.0626 e. The molecular formula is C12H24O. The zero-order chi connectivity index (χ0) is 10.3. The van der Waals surface area contributed by atoms with Gasteiger partial charge in [-0.3, -0.25) is 0 Å². The third-order valence-electron chi connectivity index (χ3n) is 2.38. The molecule has 1 nitrogen and oxygen atoms in total. The Labute approximate surface area is 83.2 Å². The van der Waals surface area contributed by atoms with Gasteiger partial charge in [0.15, 0.2) is 0 Å². The predicted octanol–water partition coefficient (Wildman–Crippen LogP) is 3.79. The van der Waals surface area contributed by atoms with Gasteiger partial charge in [0, 0.05) is 6.61 Å². The lowest BCUT2D eigenvalue weighted by molar-refractivity contribution is -0.0180. The zero-order valence-corrected chi connectivity index (χ0v) is 9.60. The van der Waals surface area contributed by atoms with Crippen molar-refractivity contribution in [3.8, 4) is 0 Å². The fourth-order valence-electron chi connectivity index (χ4n) is 1.43. The van der Waals surface area contributed by atoms with Gasteiger partial charge in [0.05, 0.1) is 5.60 Å². The minimum absolute atomic E-state index is 0.0512. The van der Waals surface area contributed by atoms with Gasteiger partial charge in [-0.25, -0.2) is 0 Å². The molecule has 13 heavy (non-hydrogen) atoms. The second kappa shape index (κ2) is 6.20. The van der Waals surface area contributed by atoms with Crippen LogP contribution in [-0.2, 0) is 4.74 Å². The van der Waals surface area contributed by atoms with Crippen LogP contribution in [0.5, 0.6) is 0 Å². The van der Waals surface area contributed by atoms with Crippen molar-refractivity contribution in [3.63, 3.8) is 0 Å². The molecule has 1 atom stereocenters.